The predicted octanol–water partition coefficient (Wildman–Crippen LogP) is 4.19. The average Bonchev–Trinajstić information content (AvgIpc) is 2.89. The highest BCUT2D eigenvalue weighted by atomic mass is 35.5. The number of allylic oxidation sites excluding steroid dienone is 1. The van der Waals surface area contributed by atoms with E-state index in [-0.39, 0.29) is 0 Å². The van der Waals surface area contributed by atoms with Crippen LogP contribution in [0.4, 0.5) is 0 Å². The fourth-order valence-corrected chi connectivity index (χ4v) is 4.30. The zero-order valence-electron chi connectivity index (χ0n) is 14.3. The summed E-state index contributed by atoms with van der Waals surface area (Å²) in [6.07, 6.45) is 9.84. The molecule has 5 heteroatoms. The van der Waals surface area contributed by atoms with E-state index in [0.717, 1.165) is 25.0 Å². The third-order valence-electron chi connectivity index (χ3n) is 5.65. The summed E-state index contributed by atoms with van der Waals surface area (Å²) >= 11 is 6.26. The summed E-state index contributed by atoms with van der Waals surface area (Å²) in [7, 11) is 2.18. The molecule has 25 heavy (non-hydrogen) atoms. The predicted molar refractivity (Wildman–Crippen MR) is 102 cm³/mol. The number of likely N-dealkylation sites (N-methyl/N-ethyl adjacent to an activating group) is 1. The first-order valence-electron chi connectivity index (χ1n) is 8.66. The zero-order valence-corrected chi connectivity index (χ0v) is 15.1. The molecule has 2 aliphatic rings. The van der Waals surface area contributed by atoms with Crippen molar-refractivity contribution in [3.63, 3.8) is 0 Å². The molecule has 5 rings (SSSR count). The van der Waals surface area contributed by atoms with Crippen molar-refractivity contribution in [1.82, 2.24) is 19.4 Å². The van der Waals surface area contributed by atoms with Crippen molar-refractivity contribution in [3.8, 4) is 0 Å². The van der Waals surface area contributed by atoms with E-state index in [1.165, 1.54) is 33.3 Å². The van der Waals surface area contributed by atoms with Crippen LogP contribution in [0.3, 0.4) is 0 Å². The Labute approximate surface area is 151 Å². The van der Waals surface area contributed by atoms with E-state index in [9.17, 15) is 0 Å². The molecule has 0 N–H and O–H groups in total. The highest BCUT2D eigenvalue weighted by Gasteiger charge is 2.29. The van der Waals surface area contributed by atoms with Gasteiger partial charge in [0.1, 0.15) is 5.65 Å². The van der Waals surface area contributed by atoms with E-state index in [2.05, 4.69) is 51.7 Å². The lowest BCUT2D eigenvalue weighted by atomic mass is 9.85. The van der Waals surface area contributed by atoms with Crippen LogP contribution in [-0.2, 0) is 12.8 Å². The number of rotatable bonds is 1. The molecule has 0 fully saturated rings. The Kier molecular flexibility index (Phi) is 3.27. The fraction of sp³-hybridized carbons (Fsp3) is 0.300. The summed E-state index contributed by atoms with van der Waals surface area (Å²) in [5.41, 5.74) is 7.71. The van der Waals surface area contributed by atoms with Gasteiger partial charge in [-0.2, -0.15) is 0 Å². The van der Waals surface area contributed by atoms with Crippen LogP contribution < -0.4 is 0 Å². The molecule has 0 radical (unpaired) electrons. The highest BCUT2D eigenvalue weighted by molar-refractivity contribution is 6.31. The molecule has 4 nitrogen and oxygen atoms in total. The average molecular weight is 351 g/mol. The van der Waals surface area contributed by atoms with Gasteiger partial charge in [-0.3, -0.25) is 9.88 Å². The normalized spacial score (nSPS) is 21.2. The quantitative estimate of drug-likeness (QED) is 0.660. The van der Waals surface area contributed by atoms with E-state index in [1.807, 2.05) is 12.4 Å². The summed E-state index contributed by atoms with van der Waals surface area (Å²) < 4.78 is 2.29. The summed E-state index contributed by atoms with van der Waals surface area (Å²) in [6, 6.07) is 4.53. The lowest BCUT2D eigenvalue weighted by Gasteiger charge is -2.31. The minimum atomic E-state index is 0.365. The van der Waals surface area contributed by atoms with E-state index in [1.54, 1.807) is 6.20 Å². The number of aromatic nitrogens is 3. The van der Waals surface area contributed by atoms with Crippen LogP contribution in [0.2, 0.25) is 5.02 Å². The molecule has 3 aromatic rings. The number of pyridine rings is 2. The lowest BCUT2D eigenvalue weighted by Crippen LogP contribution is -2.30. The van der Waals surface area contributed by atoms with Crippen molar-refractivity contribution >= 4 is 34.4 Å². The second-order valence-electron chi connectivity index (χ2n) is 7.03. The van der Waals surface area contributed by atoms with Crippen LogP contribution in [0.5, 0.6) is 0 Å². The number of hydrogen-bond donors (Lipinski definition) is 0. The smallest absolute Gasteiger partial charge is 0.144 e. The molecule has 0 aromatic carbocycles. The Morgan fingerprint density at radius 2 is 2.20 bits per heavy atom. The molecule has 4 heterocycles. The van der Waals surface area contributed by atoms with Gasteiger partial charge in [0.15, 0.2) is 0 Å². The molecular weight excluding hydrogens is 332 g/mol. The Bertz CT molecular complexity index is 1030. The summed E-state index contributed by atoms with van der Waals surface area (Å²) in [6.45, 7) is 3.32. The van der Waals surface area contributed by atoms with Crippen LogP contribution in [0.1, 0.15) is 35.3 Å². The van der Waals surface area contributed by atoms with Gasteiger partial charge < -0.3 is 4.57 Å². The van der Waals surface area contributed by atoms with Crippen LogP contribution >= 0.6 is 11.6 Å². The van der Waals surface area contributed by atoms with E-state index < -0.39 is 0 Å². The monoisotopic (exact) mass is 350 g/mol. The van der Waals surface area contributed by atoms with Crippen molar-refractivity contribution in [2.45, 2.75) is 25.8 Å². The van der Waals surface area contributed by atoms with Gasteiger partial charge in [0.25, 0.3) is 0 Å². The maximum absolute atomic E-state index is 6.26. The maximum Gasteiger partial charge on any atom is 0.144 e. The fourth-order valence-electron chi connectivity index (χ4n) is 4.14. The van der Waals surface area contributed by atoms with E-state index in [0.29, 0.717) is 11.1 Å². The van der Waals surface area contributed by atoms with Crippen LogP contribution in [0.25, 0.3) is 22.8 Å². The molecule has 126 valence electrons. The topological polar surface area (TPSA) is 34.0 Å². The Balaban J connectivity index is 1.75. The third kappa shape index (κ3) is 2.17. The molecule has 0 amide bonds. The molecule has 0 saturated heterocycles. The van der Waals surface area contributed by atoms with Crippen molar-refractivity contribution in [1.29, 1.82) is 0 Å². The van der Waals surface area contributed by atoms with E-state index >= 15 is 0 Å². The third-order valence-corrected chi connectivity index (χ3v) is 5.86. The summed E-state index contributed by atoms with van der Waals surface area (Å²) in [5.74, 6) is 0. The lowest BCUT2D eigenvalue weighted by molar-refractivity contribution is 0.247. The van der Waals surface area contributed by atoms with Gasteiger partial charge in [-0.05, 0) is 48.4 Å². The molecule has 3 aromatic heterocycles. The van der Waals surface area contributed by atoms with Gasteiger partial charge >= 0.3 is 0 Å². The minimum Gasteiger partial charge on any atom is -0.304 e. The Morgan fingerprint density at radius 1 is 1.32 bits per heavy atom. The van der Waals surface area contributed by atoms with Crippen molar-refractivity contribution < 1.29 is 0 Å². The first-order valence-corrected chi connectivity index (χ1v) is 9.03. The number of hydrogen-bond acceptors (Lipinski definition) is 3. The summed E-state index contributed by atoms with van der Waals surface area (Å²) in [4.78, 5) is 11.3. The van der Waals surface area contributed by atoms with Crippen molar-refractivity contribution in [3.05, 3.63) is 58.1 Å². The first kappa shape index (κ1) is 15.1. The van der Waals surface area contributed by atoms with Gasteiger partial charge in [0.2, 0.25) is 0 Å². The zero-order chi connectivity index (χ0) is 17.1. The first-order chi connectivity index (χ1) is 12.1. The molecule has 1 aliphatic carbocycles. The molecule has 0 bridgehead atoms. The van der Waals surface area contributed by atoms with Crippen LogP contribution in [0.15, 0.2) is 30.7 Å². The molecule has 1 atom stereocenters. The number of fused-ring (bicyclic) bond motifs is 4. The van der Waals surface area contributed by atoms with Gasteiger partial charge in [-0.1, -0.05) is 11.6 Å². The van der Waals surface area contributed by atoms with Crippen LogP contribution in [-0.4, -0.2) is 33.0 Å². The minimum absolute atomic E-state index is 0.365. The number of nitrogens with zero attached hydrogens (tertiary/aromatic N) is 4. The van der Waals surface area contributed by atoms with Gasteiger partial charge in [0.05, 0.1) is 5.02 Å². The highest BCUT2D eigenvalue weighted by Crippen LogP contribution is 2.40. The maximum atomic E-state index is 6.26. The molecule has 1 aliphatic heterocycles. The van der Waals surface area contributed by atoms with Crippen molar-refractivity contribution in [2.24, 2.45) is 0 Å². The van der Waals surface area contributed by atoms with Crippen molar-refractivity contribution in [2.75, 3.05) is 13.6 Å². The van der Waals surface area contributed by atoms with Gasteiger partial charge in [-0.15, -0.1) is 0 Å². The second kappa shape index (κ2) is 5.41. The largest absolute Gasteiger partial charge is 0.304 e. The molecule has 1 unspecified atom stereocenters. The standard InChI is InChI=1S/C20H19ClN4/c1-12-19-17-8-15(21)10-23-20(17)25(18(19)4-6-24(12)2)11-14-7-13-9-22-5-3-16(13)14/h3,5,8-12H,4,6-7H2,1-2H3. The second-order valence-corrected chi connectivity index (χ2v) is 7.46. The van der Waals surface area contributed by atoms with Crippen LogP contribution in [0, 0.1) is 0 Å². The van der Waals surface area contributed by atoms with Gasteiger partial charge in [0, 0.05) is 61.3 Å². The number of halogens is 1. The molecule has 0 saturated carbocycles. The Hall–Kier alpha value is -2.17. The summed E-state index contributed by atoms with van der Waals surface area (Å²) in [5, 5.41) is 1.87. The Morgan fingerprint density at radius 3 is 3.04 bits per heavy atom. The van der Waals surface area contributed by atoms with E-state index in [4.69, 9.17) is 11.6 Å². The molecular formula is C20H19ClN4. The SMILES string of the molecule is CC1c2c(n(C=C3Cc4cnccc43)c3ncc(Cl)cc23)CCN1C. The van der Waals surface area contributed by atoms with Gasteiger partial charge in [-0.25, -0.2) is 4.98 Å². The molecule has 0 spiro atoms.